The number of nitrogens with one attached hydrogen (secondary N) is 2. The van der Waals surface area contributed by atoms with Crippen molar-refractivity contribution in [2.75, 3.05) is 27.3 Å². The van der Waals surface area contributed by atoms with Crippen molar-refractivity contribution in [2.45, 2.75) is 12.8 Å². The summed E-state index contributed by atoms with van der Waals surface area (Å²) in [5, 5.41) is 0. The van der Waals surface area contributed by atoms with Crippen LogP contribution in [-0.4, -0.2) is 49.9 Å². The molecule has 3 amide bonds. The molecule has 2 heterocycles. The molecule has 3 rings (SSSR count). The first-order valence-corrected chi connectivity index (χ1v) is 9.18. The van der Waals surface area contributed by atoms with Crippen molar-refractivity contribution in [1.82, 2.24) is 15.8 Å². The zero-order valence-electron chi connectivity index (χ0n) is 16.3. The molecule has 29 heavy (non-hydrogen) atoms. The lowest BCUT2D eigenvalue weighted by Crippen LogP contribution is -2.50. The van der Waals surface area contributed by atoms with Gasteiger partial charge in [0, 0.05) is 24.7 Å². The maximum Gasteiger partial charge on any atom is 0.289 e. The summed E-state index contributed by atoms with van der Waals surface area (Å²) in [5.41, 5.74) is 5.11. The number of benzene rings is 1. The molecule has 0 unspecified atom stereocenters. The molecule has 1 saturated heterocycles. The van der Waals surface area contributed by atoms with Crippen LogP contribution in [0.1, 0.15) is 33.8 Å². The standard InChI is InChI=1S/C20H23N3O6/c1-27-15-9-14(10-16(11-15)28-2)19(25)22-21-18(24)13-5-3-7-23(12-13)20(26)17-6-4-8-29-17/h4,6,8-11,13H,3,5,7,12H2,1-2H3,(H,21,24)(H,22,25)/t13-/m1/s1. The van der Waals surface area contributed by atoms with Crippen molar-refractivity contribution in [3.63, 3.8) is 0 Å². The van der Waals surface area contributed by atoms with E-state index in [1.54, 1.807) is 23.1 Å². The molecule has 154 valence electrons. The van der Waals surface area contributed by atoms with Crippen LogP contribution in [0.4, 0.5) is 0 Å². The summed E-state index contributed by atoms with van der Waals surface area (Å²) in [7, 11) is 2.97. The molecule has 0 aliphatic carbocycles. The smallest absolute Gasteiger partial charge is 0.289 e. The van der Waals surface area contributed by atoms with E-state index in [1.165, 1.54) is 32.6 Å². The van der Waals surface area contributed by atoms with E-state index in [4.69, 9.17) is 13.9 Å². The van der Waals surface area contributed by atoms with E-state index in [1.807, 2.05) is 0 Å². The Hall–Kier alpha value is -3.49. The topological polar surface area (TPSA) is 110 Å². The minimum absolute atomic E-state index is 0.242. The lowest BCUT2D eigenvalue weighted by Gasteiger charge is -2.31. The van der Waals surface area contributed by atoms with Crippen LogP contribution in [0.2, 0.25) is 0 Å². The van der Waals surface area contributed by atoms with Crippen molar-refractivity contribution in [3.8, 4) is 11.5 Å². The molecule has 2 N–H and O–H groups in total. The minimum atomic E-state index is -0.505. The highest BCUT2D eigenvalue weighted by molar-refractivity contribution is 5.96. The summed E-state index contributed by atoms with van der Waals surface area (Å²) in [5.74, 6) is -0.380. The number of hydrazine groups is 1. The predicted molar refractivity (Wildman–Crippen MR) is 102 cm³/mol. The highest BCUT2D eigenvalue weighted by Crippen LogP contribution is 2.22. The Kier molecular flexibility index (Phi) is 6.38. The molecular weight excluding hydrogens is 378 g/mol. The van der Waals surface area contributed by atoms with Crippen molar-refractivity contribution < 1.29 is 28.3 Å². The Morgan fingerprint density at radius 3 is 2.45 bits per heavy atom. The van der Waals surface area contributed by atoms with Gasteiger partial charge in [-0.25, -0.2) is 0 Å². The predicted octanol–water partition coefficient (Wildman–Crippen LogP) is 1.61. The quantitative estimate of drug-likeness (QED) is 0.737. The maximum absolute atomic E-state index is 12.5. The fourth-order valence-electron chi connectivity index (χ4n) is 3.16. The average Bonchev–Trinajstić information content (AvgIpc) is 3.31. The number of rotatable bonds is 5. The third-order valence-electron chi connectivity index (χ3n) is 4.72. The van der Waals surface area contributed by atoms with Crippen LogP contribution in [-0.2, 0) is 4.79 Å². The van der Waals surface area contributed by atoms with E-state index in [-0.39, 0.29) is 29.7 Å². The highest BCUT2D eigenvalue weighted by Gasteiger charge is 2.30. The first-order chi connectivity index (χ1) is 14.0. The second kappa shape index (κ2) is 9.13. The van der Waals surface area contributed by atoms with Crippen molar-refractivity contribution in [1.29, 1.82) is 0 Å². The maximum atomic E-state index is 12.5. The fourth-order valence-corrected chi connectivity index (χ4v) is 3.16. The lowest BCUT2D eigenvalue weighted by molar-refractivity contribution is -0.127. The number of piperidine rings is 1. The van der Waals surface area contributed by atoms with Gasteiger partial charge in [0.15, 0.2) is 5.76 Å². The van der Waals surface area contributed by atoms with Gasteiger partial charge >= 0.3 is 0 Å². The minimum Gasteiger partial charge on any atom is -0.497 e. The third kappa shape index (κ3) is 4.87. The van der Waals surface area contributed by atoms with Crippen LogP contribution in [0.25, 0.3) is 0 Å². The van der Waals surface area contributed by atoms with Crippen LogP contribution in [0.15, 0.2) is 41.0 Å². The number of carbonyl (C=O) groups excluding carboxylic acids is 3. The van der Waals surface area contributed by atoms with Gasteiger partial charge in [-0.15, -0.1) is 0 Å². The van der Waals surface area contributed by atoms with Gasteiger partial charge in [-0.2, -0.15) is 0 Å². The van der Waals surface area contributed by atoms with Crippen molar-refractivity contribution >= 4 is 17.7 Å². The van der Waals surface area contributed by atoms with Gasteiger partial charge in [0.1, 0.15) is 11.5 Å². The second-order valence-corrected chi connectivity index (χ2v) is 6.61. The third-order valence-corrected chi connectivity index (χ3v) is 4.72. The monoisotopic (exact) mass is 401 g/mol. The molecule has 1 aromatic carbocycles. The average molecular weight is 401 g/mol. The van der Waals surface area contributed by atoms with Gasteiger partial charge in [0.25, 0.3) is 11.8 Å². The Balaban J connectivity index is 1.57. The summed E-state index contributed by atoms with van der Waals surface area (Å²) in [6.07, 6.45) is 2.74. The van der Waals surface area contributed by atoms with Gasteiger partial charge in [0.05, 0.1) is 26.4 Å². The first kappa shape index (κ1) is 20.2. The van der Waals surface area contributed by atoms with Gasteiger partial charge < -0.3 is 18.8 Å². The number of carbonyl (C=O) groups is 3. The summed E-state index contributed by atoms with van der Waals surface area (Å²) in [6, 6.07) is 7.95. The van der Waals surface area contributed by atoms with Crippen LogP contribution in [0.5, 0.6) is 11.5 Å². The Labute approximate surface area is 167 Å². The number of nitrogens with zero attached hydrogens (tertiary/aromatic N) is 1. The molecule has 0 saturated carbocycles. The molecule has 9 heteroatoms. The summed E-state index contributed by atoms with van der Waals surface area (Å²) in [6.45, 7) is 0.813. The largest absolute Gasteiger partial charge is 0.497 e. The molecule has 9 nitrogen and oxygen atoms in total. The number of hydrogen-bond donors (Lipinski definition) is 2. The Morgan fingerprint density at radius 1 is 1.10 bits per heavy atom. The second-order valence-electron chi connectivity index (χ2n) is 6.61. The van der Waals surface area contributed by atoms with Crippen molar-refractivity contribution in [3.05, 3.63) is 47.9 Å². The van der Waals surface area contributed by atoms with Crippen LogP contribution in [0.3, 0.4) is 0 Å². The summed E-state index contributed by atoms with van der Waals surface area (Å²) < 4.78 is 15.4. The van der Waals surface area contributed by atoms with Gasteiger partial charge in [-0.1, -0.05) is 0 Å². The molecule has 1 aliphatic rings. The SMILES string of the molecule is COc1cc(OC)cc(C(=O)NNC(=O)[C@@H]2CCCN(C(=O)c3ccco3)C2)c1. The number of hydrogen-bond acceptors (Lipinski definition) is 6. The number of likely N-dealkylation sites (tertiary alicyclic amines) is 1. The molecule has 0 spiro atoms. The van der Waals surface area contributed by atoms with Crippen LogP contribution < -0.4 is 20.3 Å². The molecule has 1 fully saturated rings. The molecule has 2 aromatic rings. The number of ether oxygens (including phenoxy) is 2. The molecular formula is C20H23N3O6. The lowest BCUT2D eigenvalue weighted by atomic mass is 9.97. The van der Waals surface area contributed by atoms with Gasteiger partial charge in [-0.05, 0) is 37.1 Å². The Morgan fingerprint density at radius 2 is 1.83 bits per heavy atom. The molecule has 1 aliphatic heterocycles. The summed E-state index contributed by atoms with van der Waals surface area (Å²) in [4.78, 5) is 38.9. The van der Waals surface area contributed by atoms with Gasteiger partial charge in [-0.3, -0.25) is 25.2 Å². The zero-order valence-corrected chi connectivity index (χ0v) is 16.3. The van der Waals surface area contributed by atoms with E-state index in [9.17, 15) is 14.4 Å². The van der Waals surface area contributed by atoms with E-state index < -0.39 is 11.8 Å². The number of methoxy groups -OCH3 is 2. The van der Waals surface area contributed by atoms with E-state index in [0.29, 0.717) is 30.9 Å². The van der Waals surface area contributed by atoms with E-state index in [2.05, 4.69) is 10.9 Å². The van der Waals surface area contributed by atoms with Gasteiger partial charge in [0.2, 0.25) is 5.91 Å². The highest BCUT2D eigenvalue weighted by atomic mass is 16.5. The number of furan rings is 1. The van der Waals surface area contributed by atoms with Crippen molar-refractivity contribution in [2.24, 2.45) is 5.92 Å². The normalized spacial score (nSPS) is 16.1. The van der Waals surface area contributed by atoms with Crippen LogP contribution >= 0.6 is 0 Å². The van der Waals surface area contributed by atoms with E-state index in [0.717, 1.165) is 0 Å². The van der Waals surface area contributed by atoms with Crippen LogP contribution in [0, 0.1) is 5.92 Å². The summed E-state index contributed by atoms with van der Waals surface area (Å²) >= 11 is 0. The molecule has 1 aromatic heterocycles. The van der Waals surface area contributed by atoms with E-state index >= 15 is 0 Å². The first-order valence-electron chi connectivity index (χ1n) is 9.18. The molecule has 0 radical (unpaired) electrons. The molecule has 0 bridgehead atoms. The zero-order chi connectivity index (χ0) is 20.8. The molecule has 1 atom stereocenters. The Bertz CT molecular complexity index is 858. The fraction of sp³-hybridized carbons (Fsp3) is 0.350. The number of amides is 3.